The maximum atomic E-state index is 11.6. The smallest absolute Gasteiger partial charge is 0.188 e. The van der Waals surface area contributed by atoms with Crippen molar-refractivity contribution in [3.8, 4) is 5.75 Å². The first-order valence-corrected chi connectivity index (χ1v) is 5.01. The summed E-state index contributed by atoms with van der Waals surface area (Å²) in [6.07, 6.45) is 0. The van der Waals surface area contributed by atoms with E-state index in [0.29, 0.717) is 22.9 Å². The van der Waals surface area contributed by atoms with Crippen molar-refractivity contribution in [2.75, 3.05) is 20.3 Å². The highest BCUT2D eigenvalue weighted by atomic mass is 35.5. The van der Waals surface area contributed by atoms with E-state index in [1.807, 2.05) is 6.92 Å². The molecular weight excluding hydrogens is 216 g/mol. The van der Waals surface area contributed by atoms with Gasteiger partial charge in [-0.25, -0.2) is 0 Å². The highest BCUT2D eigenvalue weighted by molar-refractivity contribution is 6.32. The Balaban J connectivity index is 2.81. The molecule has 0 spiro atoms. The molecule has 4 heteroatoms. The van der Waals surface area contributed by atoms with Gasteiger partial charge >= 0.3 is 0 Å². The van der Waals surface area contributed by atoms with Crippen LogP contribution in [0.1, 0.15) is 17.3 Å². The molecule has 0 unspecified atom stereocenters. The number of ether oxygens (including phenoxy) is 2. The van der Waals surface area contributed by atoms with E-state index in [1.54, 1.807) is 18.2 Å². The number of hydrogen-bond donors (Lipinski definition) is 0. The average molecular weight is 229 g/mol. The van der Waals surface area contributed by atoms with Gasteiger partial charge in [0.1, 0.15) is 12.4 Å². The zero-order valence-electron chi connectivity index (χ0n) is 8.75. The SMILES string of the molecule is CCOCC(=O)c1ccc(Cl)c(OC)c1. The Morgan fingerprint density at radius 3 is 2.80 bits per heavy atom. The summed E-state index contributed by atoms with van der Waals surface area (Å²) in [5.74, 6) is 0.422. The van der Waals surface area contributed by atoms with Gasteiger partial charge in [0.25, 0.3) is 0 Å². The molecule has 0 saturated heterocycles. The summed E-state index contributed by atoms with van der Waals surface area (Å²) in [5, 5.41) is 0.491. The van der Waals surface area contributed by atoms with Gasteiger partial charge in [-0.05, 0) is 25.1 Å². The summed E-state index contributed by atoms with van der Waals surface area (Å²) < 4.78 is 10.0. The third-order valence-electron chi connectivity index (χ3n) is 1.91. The number of rotatable bonds is 5. The average Bonchev–Trinajstić information content (AvgIpc) is 2.26. The van der Waals surface area contributed by atoms with Gasteiger partial charge in [0, 0.05) is 12.2 Å². The zero-order chi connectivity index (χ0) is 11.3. The number of benzene rings is 1. The first-order chi connectivity index (χ1) is 7.19. The first kappa shape index (κ1) is 12.0. The van der Waals surface area contributed by atoms with Crippen LogP contribution in [0.15, 0.2) is 18.2 Å². The molecule has 82 valence electrons. The number of carbonyl (C=O) groups is 1. The van der Waals surface area contributed by atoms with Crippen molar-refractivity contribution in [2.45, 2.75) is 6.92 Å². The highest BCUT2D eigenvalue weighted by Gasteiger charge is 2.08. The van der Waals surface area contributed by atoms with Gasteiger partial charge in [0.15, 0.2) is 5.78 Å². The second kappa shape index (κ2) is 5.73. The van der Waals surface area contributed by atoms with E-state index in [1.165, 1.54) is 7.11 Å². The molecule has 0 aliphatic rings. The zero-order valence-corrected chi connectivity index (χ0v) is 9.50. The minimum absolute atomic E-state index is 0.0770. The van der Waals surface area contributed by atoms with E-state index >= 15 is 0 Å². The lowest BCUT2D eigenvalue weighted by atomic mass is 10.1. The van der Waals surface area contributed by atoms with Crippen molar-refractivity contribution < 1.29 is 14.3 Å². The molecule has 0 heterocycles. The van der Waals surface area contributed by atoms with Crippen LogP contribution in [0.4, 0.5) is 0 Å². The molecule has 0 aliphatic carbocycles. The van der Waals surface area contributed by atoms with Gasteiger partial charge in [0.05, 0.1) is 12.1 Å². The summed E-state index contributed by atoms with van der Waals surface area (Å²) in [4.78, 5) is 11.6. The van der Waals surface area contributed by atoms with Crippen LogP contribution in [-0.2, 0) is 4.74 Å². The normalized spacial score (nSPS) is 10.1. The van der Waals surface area contributed by atoms with Crippen molar-refractivity contribution in [3.63, 3.8) is 0 Å². The van der Waals surface area contributed by atoms with Gasteiger partial charge < -0.3 is 9.47 Å². The Labute approximate surface area is 93.9 Å². The van der Waals surface area contributed by atoms with E-state index in [2.05, 4.69) is 0 Å². The van der Waals surface area contributed by atoms with E-state index in [0.717, 1.165) is 0 Å². The molecule has 0 bridgehead atoms. The van der Waals surface area contributed by atoms with Crippen molar-refractivity contribution >= 4 is 17.4 Å². The van der Waals surface area contributed by atoms with E-state index < -0.39 is 0 Å². The molecule has 0 saturated carbocycles. The van der Waals surface area contributed by atoms with Crippen molar-refractivity contribution in [1.82, 2.24) is 0 Å². The second-order valence-electron chi connectivity index (χ2n) is 2.91. The molecule has 0 N–H and O–H groups in total. The van der Waals surface area contributed by atoms with Crippen LogP contribution in [0.25, 0.3) is 0 Å². The first-order valence-electron chi connectivity index (χ1n) is 4.63. The lowest BCUT2D eigenvalue weighted by molar-refractivity contribution is 0.0783. The number of carbonyl (C=O) groups excluding carboxylic acids is 1. The van der Waals surface area contributed by atoms with Crippen LogP contribution < -0.4 is 4.74 Å². The molecule has 0 atom stereocenters. The van der Waals surface area contributed by atoms with Crippen LogP contribution in [0.3, 0.4) is 0 Å². The lowest BCUT2D eigenvalue weighted by Crippen LogP contribution is -2.08. The number of ketones is 1. The fraction of sp³-hybridized carbons (Fsp3) is 0.364. The maximum Gasteiger partial charge on any atom is 0.188 e. The summed E-state index contributed by atoms with van der Waals surface area (Å²) in [5.41, 5.74) is 0.546. The number of hydrogen-bond acceptors (Lipinski definition) is 3. The molecule has 1 rings (SSSR count). The number of methoxy groups -OCH3 is 1. The molecule has 0 fully saturated rings. The quantitative estimate of drug-likeness (QED) is 0.727. The third-order valence-corrected chi connectivity index (χ3v) is 2.22. The highest BCUT2D eigenvalue weighted by Crippen LogP contribution is 2.25. The second-order valence-corrected chi connectivity index (χ2v) is 3.32. The van der Waals surface area contributed by atoms with Crippen molar-refractivity contribution in [1.29, 1.82) is 0 Å². The fourth-order valence-corrected chi connectivity index (χ4v) is 1.31. The van der Waals surface area contributed by atoms with Gasteiger partial charge in [-0.2, -0.15) is 0 Å². The topological polar surface area (TPSA) is 35.5 Å². The van der Waals surface area contributed by atoms with E-state index in [-0.39, 0.29) is 12.4 Å². The van der Waals surface area contributed by atoms with Crippen LogP contribution in [0.2, 0.25) is 5.02 Å². The molecule has 0 aromatic heterocycles. The molecule has 15 heavy (non-hydrogen) atoms. The van der Waals surface area contributed by atoms with Gasteiger partial charge in [0.2, 0.25) is 0 Å². The van der Waals surface area contributed by atoms with Gasteiger partial charge in [-0.1, -0.05) is 11.6 Å². The van der Waals surface area contributed by atoms with Crippen molar-refractivity contribution in [3.05, 3.63) is 28.8 Å². The Hall–Kier alpha value is -1.06. The standard InChI is InChI=1S/C11H13ClO3/c1-3-15-7-10(13)8-4-5-9(12)11(6-8)14-2/h4-6H,3,7H2,1-2H3. The summed E-state index contributed by atoms with van der Waals surface area (Å²) >= 11 is 5.84. The third kappa shape index (κ3) is 3.22. The van der Waals surface area contributed by atoms with Gasteiger partial charge in [-0.15, -0.1) is 0 Å². The van der Waals surface area contributed by atoms with E-state index in [9.17, 15) is 4.79 Å². The molecule has 1 aromatic rings. The molecule has 0 radical (unpaired) electrons. The number of Topliss-reactive ketones (excluding diaryl/α,β-unsaturated/α-hetero) is 1. The minimum atomic E-state index is -0.0770. The summed E-state index contributed by atoms with van der Waals surface area (Å²) in [6.45, 7) is 2.45. The molecule has 0 amide bonds. The molecule has 1 aromatic carbocycles. The van der Waals surface area contributed by atoms with Crippen molar-refractivity contribution in [2.24, 2.45) is 0 Å². The predicted molar refractivity (Wildman–Crippen MR) is 58.8 cm³/mol. The number of halogens is 1. The summed E-state index contributed by atoms with van der Waals surface area (Å²) in [6, 6.07) is 4.91. The molecule has 3 nitrogen and oxygen atoms in total. The Kier molecular flexibility index (Phi) is 4.59. The largest absolute Gasteiger partial charge is 0.495 e. The maximum absolute atomic E-state index is 11.6. The Morgan fingerprint density at radius 2 is 2.20 bits per heavy atom. The minimum Gasteiger partial charge on any atom is -0.495 e. The van der Waals surface area contributed by atoms with Crippen LogP contribution in [0.5, 0.6) is 5.75 Å². The summed E-state index contributed by atoms with van der Waals surface area (Å²) in [7, 11) is 1.51. The Bertz CT molecular complexity index is 350. The lowest BCUT2D eigenvalue weighted by Gasteiger charge is -2.05. The monoisotopic (exact) mass is 228 g/mol. The predicted octanol–water partition coefficient (Wildman–Crippen LogP) is 2.57. The molecular formula is C11H13ClO3. The van der Waals surface area contributed by atoms with Crippen LogP contribution in [0, 0.1) is 0 Å². The Morgan fingerprint density at radius 1 is 1.47 bits per heavy atom. The van der Waals surface area contributed by atoms with Crippen LogP contribution in [-0.4, -0.2) is 26.1 Å². The van der Waals surface area contributed by atoms with Crippen LogP contribution >= 0.6 is 11.6 Å². The van der Waals surface area contributed by atoms with Gasteiger partial charge in [-0.3, -0.25) is 4.79 Å². The molecule has 0 aliphatic heterocycles. The van der Waals surface area contributed by atoms with E-state index in [4.69, 9.17) is 21.1 Å². The fourth-order valence-electron chi connectivity index (χ4n) is 1.11.